The molecule has 19 heavy (non-hydrogen) atoms. The normalized spacial score (nSPS) is 12.0. The van der Waals surface area contributed by atoms with Crippen molar-refractivity contribution in [1.82, 2.24) is 4.31 Å². The van der Waals surface area contributed by atoms with Crippen LogP contribution in [0.5, 0.6) is 0 Å². The molecule has 108 valence electrons. The van der Waals surface area contributed by atoms with Crippen LogP contribution in [-0.4, -0.2) is 44.6 Å². The minimum atomic E-state index is -3.35. The summed E-state index contributed by atoms with van der Waals surface area (Å²) in [4.78, 5) is 0. The second kappa shape index (κ2) is 7.59. The highest BCUT2D eigenvalue weighted by atomic mass is 32.2. The lowest BCUT2D eigenvalue weighted by atomic mass is 10.1. The van der Waals surface area contributed by atoms with Gasteiger partial charge in [0.2, 0.25) is 10.0 Å². The van der Waals surface area contributed by atoms with E-state index in [0.717, 1.165) is 0 Å². The zero-order valence-corrected chi connectivity index (χ0v) is 12.2. The summed E-state index contributed by atoms with van der Waals surface area (Å²) in [6.45, 7) is 2.87. The van der Waals surface area contributed by atoms with Crippen molar-refractivity contribution in [3.63, 3.8) is 0 Å². The summed E-state index contributed by atoms with van der Waals surface area (Å²) in [5, 5.41) is 9.06. The highest BCUT2D eigenvalue weighted by Gasteiger charge is 2.20. The van der Waals surface area contributed by atoms with Crippen molar-refractivity contribution in [3.8, 4) is 0 Å². The van der Waals surface area contributed by atoms with Gasteiger partial charge in [-0.3, -0.25) is 0 Å². The molecule has 0 saturated carbocycles. The largest absolute Gasteiger partial charge is 0.392 e. The van der Waals surface area contributed by atoms with Gasteiger partial charge < -0.3 is 9.84 Å². The molecule has 6 heteroatoms. The lowest BCUT2D eigenvalue weighted by Gasteiger charge is -2.20. The molecule has 5 nitrogen and oxygen atoms in total. The molecule has 0 atom stereocenters. The SMILES string of the molecule is CCN(CCOC)S(=O)(=O)Cc1cccc(CO)c1. The molecule has 1 rings (SSSR count). The Morgan fingerprint density at radius 1 is 1.32 bits per heavy atom. The van der Waals surface area contributed by atoms with Gasteiger partial charge in [-0.05, 0) is 11.1 Å². The molecule has 0 radical (unpaired) electrons. The maximum Gasteiger partial charge on any atom is 0.218 e. The number of sulfonamides is 1. The quantitative estimate of drug-likeness (QED) is 0.774. The fourth-order valence-electron chi connectivity index (χ4n) is 1.81. The Morgan fingerprint density at radius 3 is 2.58 bits per heavy atom. The highest BCUT2D eigenvalue weighted by molar-refractivity contribution is 7.88. The van der Waals surface area contributed by atoms with E-state index in [4.69, 9.17) is 9.84 Å². The van der Waals surface area contributed by atoms with Gasteiger partial charge in [0.05, 0.1) is 19.0 Å². The van der Waals surface area contributed by atoms with E-state index in [1.165, 1.54) is 4.31 Å². The van der Waals surface area contributed by atoms with E-state index in [1.807, 2.05) is 0 Å². The average Bonchev–Trinajstić information content (AvgIpc) is 2.39. The zero-order valence-electron chi connectivity index (χ0n) is 11.4. The van der Waals surface area contributed by atoms with Gasteiger partial charge in [0, 0.05) is 20.2 Å². The number of methoxy groups -OCH3 is 1. The van der Waals surface area contributed by atoms with Crippen molar-refractivity contribution in [2.45, 2.75) is 19.3 Å². The van der Waals surface area contributed by atoms with Crippen molar-refractivity contribution in [2.24, 2.45) is 0 Å². The number of aliphatic hydroxyl groups is 1. The predicted molar refractivity (Wildman–Crippen MR) is 74.1 cm³/mol. The standard InChI is InChI=1S/C13H21NO4S/c1-3-14(7-8-18-2)19(16,17)11-13-6-4-5-12(9-13)10-15/h4-6,9,15H,3,7-8,10-11H2,1-2H3. The second-order valence-electron chi connectivity index (χ2n) is 4.22. The summed E-state index contributed by atoms with van der Waals surface area (Å²) in [5.41, 5.74) is 1.40. The molecule has 0 heterocycles. The monoisotopic (exact) mass is 287 g/mol. The Bertz CT molecular complexity index is 487. The Labute approximate surface area is 114 Å². The molecule has 0 aliphatic rings. The average molecular weight is 287 g/mol. The third kappa shape index (κ3) is 4.91. The van der Waals surface area contributed by atoms with E-state index in [9.17, 15) is 8.42 Å². The van der Waals surface area contributed by atoms with Crippen LogP contribution in [0.3, 0.4) is 0 Å². The van der Waals surface area contributed by atoms with Crippen LogP contribution in [0.2, 0.25) is 0 Å². The van der Waals surface area contributed by atoms with E-state index in [2.05, 4.69) is 0 Å². The number of nitrogens with zero attached hydrogens (tertiary/aromatic N) is 1. The van der Waals surface area contributed by atoms with Crippen molar-refractivity contribution >= 4 is 10.0 Å². The number of aliphatic hydroxyl groups excluding tert-OH is 1. The number of benzene rings is 1. The van der Waals surface area contributed by atoms with Gasteiger partial charge in [-0.1, -0.05) is 31.2 Å². The Morgan fingerprint density at radius 2 is 2.00 bits per heavy atom. The molecule has 0 fully saturated rings. The Balaban J connectivity index is 2.81. The predicted octanol–water partition coefficient (Wildman–Crippen LogP) is 0.977. The van der Waals surface area contributed by atoms with Crippen LogP contribution in [0.4, 0.5) is 0 Å². The molecular formula is C13H21NO4S. The molecule has 0 unspecified atom stereocenters. The molecular weight excluding hydrogens is 266 g/mol. The van der Waals surface area contributed by atoms with Gasteiger partial charge in [0.25, 0.3) is 0 Å². The van der Waals surface area contributed by atoms with E-state index in [0.29, 0.717) is 30.8 Å². The zero-order chi connectivity index (χ0) is 14.3. The summed E-state index contributed by atoms with van der Waals surface area (Å²) >= 11 is 0. The molecule has 1 N–H and O–H groups in total. The fraction of sp³-hybridized carbons (Fsp3) is 0.538. The molecule has 0 bridgehead atoms. The summed E-state index contributed by atoms with van der Waals surface area (Å²) in [6.07, 6.45) is 0. The van der Waals surface area contributed by atoms with Gasteiger partial charge in [0.1, 0.15) is 0 Å². The molecule has 0 spiro atoms. The first kappa shape index (κ1) is 16.1. The van der Waals surface area contributed by atoms with Gasteiger partial charge in [-0.15, -0.1) is 0 Å². The molecule has 1 aromatic rings. The lowest BCUT2D eigenvalue weighted by Crippen LogP contribution is -2.34. The van der Waals surface area contributed by atoms with Gasteiger partial charge in [-0.25, -0.2) is 8.42 Å². The van der Waals surface area contributed by atoms with Crippen LogP contribution in [0.25, 0.3) is 0 Å². The van der Waals surface area contributed by atoms with Crippen molar-refractivity contribution in [1.29, 1.82) is 0 Å². The number of ether oxygens (including phenoxy) is 1. The number of rotatable bonds is 8. The molecule has 0 amide bonds. The van der Waals surface area contributed by atoms with Crippen molar-refractivity contribution in [3.05, 3.63) is 35.4 Å². The minimum absolute atomic E-state index is 0.0571. The minimum Gasteiger partial charge on any atom is -0.392 e. The molecule has 0 aliphatic heterocycles. The maximum atomic E-state index is 12.2. The van der Waals surface area contributed by atoms with Gasteiger partial charge in [-0.2, -0.15) is 4.31 Å². The summed E-state index contributed by atoms with van der Waals surface area (Å²) in [5.74, 6) is -0.0571. The smallest absolute Gasteiger partial charge is 0.218 e. The van der Waals surface area contributed by atoms with Crippen LogP contribution in [0.1, 0.15) is 18.1 Å². The summed E-state index contributed by atoms with van der Waals surface area (Å²) < 4.78 is 30.8. The van der Waals surface area contributed by atoms with Crippen LogP contribution in [-0.2, 0) is 27.1 Å². The van der Waals surface area contributed by atoms with Crippen LogP contribution in [0.15, 0.2) is 24.3 Å². The van der Waals surface area contributed by atoms with E-state index >= 15 is 0 Å². The maximum absolute atomic E-state index is 12.2. The number of hydrogen-bond acceptors (Lipinski definition) is 4. The first-order valence-corrected chi connectivity index (χ1v) is 7.79. The first-order valence-electron chi connectivity index (χ1n) is 6.19. The third-order valence-corrected chi connectivity index (χ3v) is 4.74. The molecule has 0 aliphatic carbocycles. The van der Waals surface area contributed by atoms with E-state index in [-0.39, 0.29) is 12.4 Å². The Hall–Kier alpha value is -0.950. The lowest BCUT2D eigenvalue weighted by molar-refractivity contribution is 0.180. The van der Waals surface area contributed by atoms with Gasteiger partial charge >= 0.3 is 0 Å². The van der Waals surface area contributed by atoms with E-state index in [1.54, 1.807) is 38.3 Å². The molecule has 1 aromatic carbocycles. The molecule has 0 saturated heterocycles. The highest BCUT2D eigenvalue weighted by Crippen LogP contribution is 2.12. The van der Waals surface area contributed by atoms with Crippen molar-refractivity contribution in [2.75, 3.05) is 26.8 Å². The summed E-state index contributed by atoms with van der Waals surface area (Å²) in [6, 6.07) is 6.98. The number of likely N-dealkylation sites (N-methyl/N-ethyl adjacent to an activating group) is 1. The van der Waals surface area contributed by atoms with Crippen LogP contribution >= 0.6 is 0 Å². The van der Waals surface area contributed by atoms with Crippen LogP contribution < -0.4 is 0 Å². The van der Waals surface area contributed by atoms with Crippen LogP contribution in [0, 0.1) is 0 Å². The third-order valence-electron chi connectivity index (χ3n) is 2.81. The Kier molecular flexibility index (Phi) is 6.44. The first-order chi connectivity index (χ1) is 9.03. The molecule has 0 aromatic heterocycles. The topological polar surface area (TPSA) is 66.8 Å². The van der Waals surface area contributed by atoms with Gasteiger partial charge in [0.15, 0.2) is 0 Å². The second-order valence-corrected chi connectivity index (χ2v) is 6.19. The summed E-state index contributed by atoms with van der Waals surface area (Å²) in [7, 11) is -1.80. The fourth-order valence-corrected chi connectivity index (χ4v) is 3.34. The number of hydrogen-bond donors (Lipinski definition) is 1. The van der Waals surface area contributed by atoms with E-state index < -0.39 is 10.0 Å². The van der Waals surface area contributed by atoms with Crippen molar-refractivity contribution < 1.29 is 18.3 Å².